The van der Waals surface area contributed by atoms with E-state index < -0.39 is 10.0 Å². The van der Waals surface area contributed by atoms with E-state index >= 15 is 0 Å². The number of rotatable bonds is 7. The highest BCUT2D eigenvalue weighted by Gasteiger charge is 2.29. The summed E-state index contributed by atoms with van der Waals surface area (Å²) in [6, 6.07) is 10.5. The normalized spacial score (nSPS) is 17.3. The van der Waals surface area contributed by atoms with Crippen LogP contribution in [-0.4, -0.2) is 68.8 Å². The Hall–Kier alpha value is -2.33. The van der Waals surface area contributed by atoms with Gasteiger partial charge in [0.05, 0.1) is 15.1 Å². The van der Waals surface area contributed by atoms with Crippen molar-refractivity contribution >= 4 is 42.6 Å². The second-order valence-corrected chi connectivity index (χ2v) is 12.8. The predicted octanol–water partition coefficient (Wildman–Crippen LogP) is 4.54. The molecule has 2 aromatic carbocycles. The second kappa shape index (κ2) is 10.3. The summed E-state index contributed by atoms with van der Waals surface area (Å²) in [7, 11) is 0.370. The van der Waals surface area contributed by atoms with Gasteiger partial charge < -0.3 is 4.90 Å². The first-order valence-electron chi connectivity index (χ1n) is 12.0. The second-order valence-electron chi connectivity index (χ2n) is 9.82. The summed E-state index contributed by atoms with van der Waals surface area (Å²) in [4.78, 5) is 22.4. The minimum Gasteiger partial charge on any atom is -0.308 e. The van der Waals surface area contributed by atoms with Crippen molar-refractivity contribution in [3.63, 3.8) is 0 Å². The van der Waals surface area contributed by atoms with E-state index in [4.69, 9.17) is 4.98 Å². The Morgan fingerprint density at radius 2 is 1.86 bits per heavy atom. The van der Waals surface area contributed by atoms with Crippen LogP contribution in [0.2, 0.25) is 0 Å². The molecule has 2 heterocycles. The maximum atomic E-state index is 13.6. The number of amides is 1. The van der Waals surface area contributed by atoms with E-state index in [1.165, 1.54) is 11.3 Å². The quantitative estimate of drug-likeness (QED) is 0.463. The maximum absolute atomic E-state index is 13.6. The first kappa shape index (κ1) is 25.8. The van der Waals surface area contributed by atoms with Gasteiger partial charge in [-0.2, -0.15) is 4.31 Å². The fraction of sp³-hybridized carbons (Fsp3) is 0.462. The number of fused-ring (bicyclic) bond motifs is 1. The molecule has 1 aliphatic heterocycles. The molecule has 0 aliphatic carbocycles. The average Bonchev–Trinajstić information content (AvgIpc) is 3.23. The fourth-order valence-electron chi connectivity index (χ4n) is 4.50. The van der Waals surface area contributed by atoms with E-state index in [1.54, 1.807) is 33.5 Å². The molecule has 1 unspecified atom stereocenters. The maximum Gasteiger partial charge on any atom is 0.260 e. The van der Waals surface area contributed by atoms with E-state index in [1.807, 2.05) is 25.9 Å². The molecule has 9 heteroatoms. The van der Waals surface area contributed by atoms with Crippen LogP contribution < -0.4 is 4.90 Å². The van der Waals surface area contributed by atoms with Gasteiger partial charge in [0.25, 0.3) is 5.91 Å². The highest BCUT2D eigenvalue weighted by Crippen LogP contribution is 2.32. The number of sulfonamides is 1. The summed E-state index contributed by atoms with van der Waals surface area (Å²) in [6.07, 6.45) is 1.92. The highest BCUT2D eigenvalue weighted by atomic mass is 32.2. The Balaban J connectivity index is 1.63. The molecular formula is C26H34N4O3S2. The monoisotopic (exact) mass is 514 g/mol. The van der Waals surface area contributed by atoms with E-state index in [0.29, 0.717) is 42.8 Å². The summed E-state index contributed by atoms with van der Waals surface area (Å²) in [6.45, 7) is 8.42. The molecule has 0 bridgehead atoms. The van der Waals surface area contributed by atoms with E-state index in [2.05, 4.69) is 26.0 Å². The van der Waals surface area contributed by atoms with E-state index in [9.17, 15) is 13.2 Å². The number of piperidine rings is 1. The Morgan fingerprint density at radius 1 is 1.14 bits per heavy atom. The van der Waals surface area contributed by atoms with Crippen LogP contribution in [0, 0.1) is 19.8 Å². The fourth-order valence-corrected chi connectivity index (χ4v) is 7.26. The lowest BCUT2D eigenvalue weighted by Crippen LogP contribution is -2.39. The Labute approximate surface area is 212 Å². The van der Waals surface area contributed by atoms with Gasteiger partial charge in [-0.25, -0.2) is 13.4 Å². The summed E-state index contributed by atoms with van der Waals surface area (Å²) < 4.78 is 28.9. The molecule has 0 N–H and O–H groups in total. The standard InChI is InChI=1S/C26H34N4O3S2/c1-18-7-6-12-29(17-18)35(32,33)22-10-8-21(9-11-22)25(31)30(14-13-28(4)5)26-27-24-20(3)15-19(2)16-23(24)34-26/h8-11,15-16,18H,6-7,12-14,17H2,1-5H3. The zero-order chi connectivity index (χ0) is 25.3. The van der Waals surface area contributed by atoms with Crippen LogP contribution in [0.5, 0.6) is 0 Å². The van der Waals surface area contributed by atoms with Crippen molar-refractivity contribution in [2.75, 3.05) is 45.2 Å². The molecule has 3 aromatic rings. The Kier molecular flexibility index (Phi) is 7.61. The lowest BCUT2D eigenvalue weighted by Gasteiger charge is -2.30. The Morgan fingerprint density at radius 3 is 2.51 bits per heavy atom. The van der Waals surface area contributed by atoms with E-state index in [-0.39, 0.29) is 10.8 Å². The number of benzene rings is 2. The van der Waals surface area contributed by atoms with Gasteiger partial charge in [-0.15, -0.1) is 0 Å². The number of aryl methyl sites for hydroxylation is 2. The Bertz CT molecular complexity index is 1320. The molecule has 1 aromatic heterocycles. The van der Waals surface area contributed by atoms with Gasteiger partial charge in [-0.3, -0.25) is 9.69 Å². The molecule has 0 radical (unpaired) electrons. The number of thiazole rings is 1. The molecule has 7 nitrogen and oxygen atoms in total. The van der Waals surface area contributed by atoms with Gasteiger partial charge in [0.2, 0.25) is 10.0 Å². The number of carbonyl (C=O) groups is 1. The van der Waals surface area contributed by atoms with Crippen molar-refractivity contribution in [1.82, 2.24) is 14.2 Å². The van der Waals surface area contributed by atoms with Crippen LogP contribution in [0.4, 0.5) is 5.13 Å². The lowest BCUT2D eigenvalue weighted by molar-refractivity contribution is 0.0985. The summed E-state index contributed by atoms with van der Waals surface area (Å²) in [5.74, 6) is 0.168. The van der Waals surface area contributed by atoms with Crippen molar-refractivity contribution in [1.29, 1.82) is 0 Å². The lowest BCUT2D eigenvalue weighted by atomic mass is 10.0. The minimum absolute atomic E-state index is 0.184. The summed E-state index contributed by atoms with van der Waals surface area (Å²) in [5, 5.41) is 0.652. The zero-order valence-corrected chi connectivity index (χ0v) is 22.7. The van der Waals surface area contributed by atoms with E-state index in [0.717, 1.165) is 34.2 Å². The molecule has 0 spiro atoms. The molecule has 0 saturated carbocycles. The van der Waals surface area contributed by atoms with Crippen LogP contribution in [0.25, 0.3) is 10.2 Å². The van der Waals surface area contributed by atoms with Crippen molar-refractivity contribution in [2.45, 2.75) is 38.5 Å². The van der Waals surface area contributed by atoms with Crippen LogP contribution >= 0.6 is 11.3 Å². The van der Waals surface area contributed by atoms with Gasteiger partial charge in [0.15, 0.2) is 5.13 Å². The van der Waals surface area contributed by atoms with Crippen LogP contribution in [0.1, 0.15) is 41.3 Å². The van der Waals surface area contributed by atoms with Crippen LogP contribution in [0.3, 0.4) is 0 Å². The summed E-state index contributed by atoms with van der Waals surface area (Å²) in [5.41, 5.74) is 3.61. The largest absolute Gasteiger partial charge is 0.308 e. The van der Waals surface area contributed by atoms with Crippen molar-refractivity contribution in [2.24, 2.45) is 5.92 Å². The SMILES string of the molecule is Cc1cc(C)c2nc(N(CCN(C)C)C(=O)c3ccc(S(=O)(=O)N4CCCC(C)C4)cc3)sc2c1. The first-order valence-corrected chi connectivity index (χ1v) is 14.3. The van der Waals surface area contributed by atoms with Crippen molar-refractivity contribution in [3.05, 3.63) is 53.1 Å². The molecule has 1 aliphatic rings. The molecule has 4 rings (SSSR count). The van der Waals surface area contributed by atoms with Gasteiger partial charge in [-0.1, -0.05) is 24.3 Å². The zero-order valence-electron chi connectivity index (χ0n) is 21.1. The third-order valence-corrected chi connectivity index (χ3v) is 9.33. The topological polar surface area (TPSA) is 73.8 Å². The minimum atomic E-state index is -3.57. The third-order valence-electron chi connectivity index (χ3n) is 6.42. The molecule has 1 fully saturated rings. The molecule has 1 atom stereocenters. The van der Waals surface area contributed by atoms with Gasteiger partial charge in [-0.05, 0) is 88.2 Å². The first-order chi connectivity index (χ1) is 16.6. The summed E-state index contributed by atoms with van der Waals surface area (Å²) >= 11 is 1.51. The smallest absolute Gasteiger partial charge is 0.260 e. The predicted molar refractivity (Wildman–Crippen MR) is 143 cm³/mol. The number of hydrogen-bond acceptors (Lipinski definition) is 6. The number of likely N-dealkylation sites (N-methyl/N-ethyl adjacent to an activating group) is 1. The van der Waals surface area contributed by atoms with Crippen molar-refractivity contribution < 1.29 is 13.2 Å². The number of hydrogen-bond donors (Lipinski definition) is 0. The molecule has 35 heavy (non-hydrogen) atoms. The number of carbonyl (C=O) groups excluding carboxylic acids is 1. The molecular weight excluding hydrogens is 480 g/mol. The molecule has 188 valence electrons. The number of nitrogens with zero attached hydrogens (tertiary/aromatic N) is 4. The molecule has 1 amide bonds. The van der Waals surface area contributed by atoms with Crippen molar-refractivity contribution in [3.8, 4) is 0 Å². The highest BCUT2D eigenvalue weighted by molar-refractivity contribution is 7.89. The van der Waals surface area contributed by atoms with Crippen LogP contribution in [-0.2, 0) is 10.0 Å². The van der Waals surface area contributed by atoms with Gasteiger partial charge in [0, 0.05) is 31.7 Å². The molecule has 1 saturated heterocycles. The van der Waals surface area contributed by atoms with Gasteiger partial charge >= 0.3 is 0 Å². The van der Waals surface area contributed by atoms with Crippen LogP contribution in [0.15, 0.2) is 41.3 Å². The van der Waals surface area contributed by atoms with Gasteiger partial charge in [0.1, 0.15) is 0 Å². The number of aromatic nitrogens is 1. The average molecular weight is 515 g/mol. The number of anilines is 1. The third kappa shape index (κ3) is 5.58.